The molecule has 0 radical (unpaired) electrons. The zero-order valence-electron chi connectivity index (χ0n) is 15.3. The highest BCUT2D eigenvalue weighted by molar-refractivity contribution is 7.13. The number of rotatable bonds is 8. The van der Waals surface area contributed by atoms with Crippen LogP contribution in [0.4, 0.5) is 0 Å². The summed E-state index contributed by atoms with van der Waals surface area (Å²) in [6.45, 7) is 4.62. The van der Waals surface area contributed by atoms with Crippen molar-refractivity contribution in [1.29, 1.82) is 0 Å². The van der Waals surface area contributed by atoms with Gasteiger partial charge in [-0.25, -0.2) is 0 Å². The van der Waals surface area contributed by atoms with E-state index in [1.54, 1.807) is 17.4 Å². The van der Waals surface area contributed by atoms with Crippen LogP contribution >= 0.6 is 11.3 Å². The molecule has 0 aliphatic rings. The largest absolute Gasteiger partial charge is 0.484 e. The number of carbonyl (C=O) groups is 1. The maximum Gasteiger partial charge on any atom is 0.258 e. The van der Waals surface area contributed by atoms with Crippen molar-refractivity contribution >= 4 is 17.2 Å². The van der Waals surface area contributed by atoms with Gasteiger partial charge in [0.2, 0.25) is 5.88 Å². The summed E-state index contributed by atoms with van der Waals surface area (Å²) >= 11 is 1.61. The van der Waals surface area contributed by atoms with E-state index in [0.29, 0.717) is 24.8 Å². The number of ether oxygens (including phenoxy) is 2. The standard InChI is InChI=1S/C20H21N3O3S/c1-14-5-7-17(15(2)12-14)26-13-19(24)21-9-10-25-20-8-6-16(22-23-20)18-4-3-11-27-18/h3-8,11-12H,9-10,13H2,1-2H3,(H,21,24). The summed E-state index contributed by atoms with van der Waals surface area (Å²) in [4.78, 5) is 12.9. The fraction of sp³-hybridized carbons (Fsp3) is 0.250. The van der Waals surface area contributed by atoms with Crippen LogP contribution in [0.15, 0.2) is 47.8 Å². The van der Waals surface area contributed by atoms with Gasteiger partial charge in [-0.1, -0.05) is 23.8 Å². The molecule has 1 amide bonds. The van der Waals surface area contributed by atoms with Gasteiger partial charge in [0.1, 0.15) is 18.1 Å². The Morgan fingerprint density at radius 3 is 2.70 bits per heavy atom. The third kappa shape index (κ3) is 5.52. The quantitative estimate of drug-likeness (QED) is 0.604. The van der Waals surface area contributed by atoms with Crippen LogP contribution in [0.5, 0.6) is 11.6 Å². The first-order chi connectivity index (χ1) is 13.1. The van der Waals surface area contributed by atoms with Crippen molar-refractivity contribution in [3.63, 3.8) is 0 Å². The molecule has 3 rings (SSSR count). The second-order valence-electron chi connectivity index (χ2n) is 5.99. The second kappa shape index (κ2) is 9.14. The van der Waals surface area contributed by atoms with Crippen LogP contribution in [0.25, 0.3) is 10.6 Å². The zero-order chi connectivity index (χ0) is 19.1. The summed E-state index contributed by atoms with van der Waals surface area (Å²) in [7, 11) is 0. The van der Waals surface area contributed by atoms with Crippen LogP contribution in [-0.2, 0) is 4.79 Å². The Morgan fingerprint density at radius 1 is 1.11 bits per heavy atom. The lowest BCUT2D eigenvalue weighted by Crippen LogP contribution is -2.32. The molecule has 0 atom stereocenters. The Bertz CT molecular complexity index is 880. The van der Waals surface area contributed by atoms with E-state index >= 15 is 0 Å². The number of thiophene rings is 1. The topological polar surface area (TPSA) is 73.3 Å². The van der Waals surface area contributed by atoms with Gasteiger partial charge in [0.05, 0.1) is 11.4 Å². The molecule has 140 valence electrons. The van der Waals surface area contributed by atoms with E-state index < -0.39 is 0 Å². The number of nitrogens with one attached hydrogen (secondary N) is 1. The first-order valence-corrected chi connectivity index (χ1v) is 9.47. The number of aryl methyl sites for hydroxylation is 2. The highest BCUT2D eigenvalue weighted by Gasteiger charge is 2.06. The maximum atomic E-state index is 11.9. The van der Waals surface area contributed by atoms with Crippen molar-refractivity contribution in [3.8, 4) is 22.2 Å². The number of hydrogen-bond donors (Lipinski definition) is 1. The Kier molecular flexibility index (Phi) is 6.38. The van der Waals surface area contributed by atoms with Crippen LogP contribution in [-0.4, -0.2) is 35.9 Å². The van der Waals surface area contributed by atoms with Crippen molar-refractivity contribution in [1.82, 2.24) is 15.5 Å². The summed E-state index contributed by atoms with van der Waals surface area (Å²) in [6, 6.07) is 13.4. The molecule has 1 N–H and O–H groups in total. The average Bonchev–Trinajstić information content (AvgIpc) is 3.20. The van der Waals surface area contributed by atoms with E-state index in [2.05, 4.69) is 15.5 Å². The molecule has 1 aromatic carbocycles. The Hall–Kier alpha value is -2.93. The predicted molar refractivity (Wildman–Crippen MR) is 105 cm³/mol. The lowest BCUT2D eigenvalue weighted by Gasteiger charge is -2.10. The number of nitrogens with zero attached hydrogens (tertiary/aromatic N) is 2. The zero-order valence-corrected chi connectivity index (χ0v) is 16.1. The molecule has 0 unspecified atom stereocenters. The fourth-order valence-electron chi connectivity index (χ4n) is 2.45. The molecule has 6 nitrogen and oxygen atoms in total. The number of hydrogen-bond acceptors (Lipinski definition) is 6. The summed E-state index contributed by atoms with van der Waals surface area (Å²) in [5.41, 5.74) is 2.98. The molecule has 0 aliphatic heterocycles. The first-order valence-electron chi connectivity index (χ1n) is 8.59. The van der Waals surface area contributed by atoms with Gasteiger partial charge in [0.15, 0.2) is 6.61 Å². The Balaban J connectivity index is 1.36. The number of carbonyl (C=O) groups excluding carboxylic acids is 1. The molecule has 0 spiro atoms. The highest BCUT2D eigenvalue weighted by Crippen LogP contribution is 2.22. The normalized spacial score (nSPS) is 10.4. The van der Waals surface area contributed by atoms with Crippen molar-refractivity contribution in [2.45, 2.75) is 13.8 Å². The lowest BCUT2D eigenvalue weighted by atomic mass is 10.1. The number of aromatic nitrogens is 2. The smallest absolute Gasteiger partial charge is 0.258 e. The van der Waals surface area contributed by atoms with Crippen LogP contribution < -0.4 is 14.8 Å². The molecule has 0 saturated carbocycles. The van der Waals surface area contributed by atoms with Gasteiger partial charge in [-0.2, -0.15) is 0 Å². The van der Waals surface area contributed by atoms with E-state index in [1.165, 1.54) is 0 Å². The first kappa shape index (κ1) is 18.8. The van der Waals surface area contributed by atoms with Gasteiger partial charge in [-0.05, 0) is 43.0 Å². The Labute approximate surface area is 162 Å². The van der Waals surface area contributed by atoms with Gasteiger partial charge in [0.25, 0.3) is 5.91 Å². The second-order valence-corrected chi connectivity index (χ2v) is 6.94. The Morgan fingerprint density at radius 2 is 2.00 bits per heavy atom. The molecule has 2 aromatic heterocycles. The van der Waals surface area contributed by atoms with E-state index in [1.807, 2.05) is 55.6 Å². The van der Waals surface area contributed by atoms with Crippen LogP contribution in [0.2, 0.25) is 0 Å². The molecule has 2 heterocycles. The number of benzene rings is 1. The molecular formula is C20H21N3O3S. The van der Waals surface area contributed by atoms with Crippen molar-refractivity contribution < 1.29 is 14.3 Å². The van der Waals surface area contributed by atoms with E-state index in [9.17, 15) is 4.79 Å². The van der Waals surface area contributed by atoms with Gasteiger partial charge < -0.3 is 14.8 Å². The predicted octanol–water partition coefficient (Wildman–Crippen LogP) is 3.40. The van der Waals surface area contributed by atoms with Gasteiger partial charge in [0, 0.05) is 6.07 Å². The minimum Gasteiger partial charge on any atom is -0.484 e. The summed E-state index contributed by atoms with van der Waals surface area (Å²) < 4.78 is 11.0. The average molecular weight is 383 g/mol. The van der Waals surface area contributed by atoms with Gasteiger partial charge in [-0.3, -0.25) is 4.79 Å². The van der Waals surface area contributed by atoms with E-state index in [-0.39, 0.29) is 12.5 Å². The number of amides is 1. The molecular weight excluding hydrogens is 362 g/mol. The SMILES string of the molecule is Cc1ccc(OCC(=O)NCCOc2ccc(-c3cccs3)nn2)c(C)c1. The van der Waals surface area contributed by atoms with Gasteiger partial charge in [-0.15, -0.1) is 21.5 Å². The minimum atomic E-state index is -0.197. The fourth-order valence-corrected chi connectivity index (χ4v) is 3.14. The maximum absolute atomic E-state index is 11.9. The summed E-state index contributed by atoms with van der Waals surface area (Å²) in [6.07, 6.45) is 0. The summed E-state index contributed by atoms with van der Waals surface area (Å²) in [5, 5.41) is 12.9. The monoisotopic (exact) mass is 383 g/mol. The highest BCUT2D eigenvalue weighted by atomic mass is 32.1. The molecule has 27 heavy (non-hydrogen) atoms. The van der Waals surface area contributed by atoms with Crippen LogP contribution in [0, 0.1) is 13.8 Å². The molecule has 3 aromatic rings. The molecule has 0 fully saturated rings. The molecule has 0 bridgehead atoms. The van der Waals surface area contributed by atoms with Crippen LogP contribution in [0.3, 0.4) is 0 Å². The van der Waals surface area contributed by atoms with E-state index in [4.69, 9.17) is 9.47 Å². The molecule has 7 heteroatoms. The van der Waals surface area contributed by atoms with Gasteiger partial charge >= 0.3 is 0 Å². The third-order valence-corrected chi connectivity index (χ3v) is 4.67. The van der Waals surface area contributed by atoms with Crippen molar-refractivity contribution in [2.24, 2.45) is 0 Å². The van der Waals surface area contributed by atoms with Crippen molar-refractivity contribution in [2.75, 3.05) is 19.8 Å². The lowest BCUT2D eigenvalue weighted by molar-refractivity contribution is -0.123. The van der Waals surface area contributed by atoms with E-state index in [0.717, 1.165) is 21.7 Å². The van der Waals surface area contributed by atoms with Crippen molar-refractivity contribution in [3.05, 3.63) is 59.0 Å². The third-order valence-electron chi connectivity index (χ3n) is 3.78. The minimum absolute atomic E-state index is 0.0286. The molecule has 0 saturated heterocycles. The van der Waals surface area contributed by atoms with Crippen LogP contribution in [0.1, 0.15) is 11.1 Å². The summed E-state index contributed by atoms with van der Waals surface area (Å²) in [5.74, 6) is 0.946. The molecule has 0 aliphatic carbocycles.